The van der Waals surface area contributed by atoms with E-state index < -0.39 is 22.0 Å². The highest BCUT2D eigenvalue weighted by molar-refractivity contribution is 7.89. The minimum atomic E-state index is -3.74. The zero-order valence-electron chi connectivity index (χ0n) is 18.9. The van der Waals surface area contributed by atoms with Crippen molar-refractivity contribution in [3.05, 3.63) is 48.5 Å². The van der Waals surface area contributed by atoms with Gasteiger partial charge in [0.2, 0.25) is 21.8 Å². The molecule has 1 aliphatic rings. The molecular formula is C23H29N3O6S. The molecule has 2 aromatic rings. The van der Waals surface area contributed by atoms with E-state index in [1.165, 1.54) is 30.7 Å². The Balaban J connectivity index is 1.60. The largest absolute Gasteiger partial charge is 0.497 e. The molecule has 0 radical (unpaired) electrons. The number of amides is 2. The summed E-state index contributed by atoms with van der Waals surface area (Å²) in [7, 11) is -0.696. The van der Waals surface area contributed by atoms with Crippen molar-refractivity contribution < 1.29 is 27.5 Å². The van der Waals surface area contributed by atoms with Crippen LogP contribution in [0.15, 0.2) is 53.4 Å². The van der Waals surface area contributed by atoms with E-state index in [9.17, 15) is 18.0 Å². The number of carbonyl (C=O) groups excluding carboxylic acids is 2. The molecule has 10 heteroatoms. The Morgan fingerprint density at radius 3 is 2.42 bits per heavy atom. The number of carbonyl (C=O) groups is 2. The topological polar surface area (TPSA) is 114 Å². The predicted octanol–water partition coefficient (Wildman–Crippen LogP) is 2.25. The van der Waals surface area contributed by atoms with Crippen LogP contribution in [0.4, 0.5) is 5.69 Å². The smallest absolute Gasteiger partial charge is 0.246 e. The maximum absolute atomic E-state index is 13.0. The number of anilines is 1. The third-order valence-electron chi connectivity index (χ3n) is 5.54. The van der Waals surface area contributed by atoms with Crippen molar-refractivity contribution in [2.45, 2.75) is 30.7 Å². The average Bonchev–Trinajstić information content (AvgIpc) is 2.84. The monoisotopic (exact) mass is 475 g/mol. The Hall–Kier alpha value is -3.11. The molecule has 1 aliphatic heterocycles. The molecule has 2 N–H and O–H groups in total. The van der Waals surface area contributed by atoms with Gasteiger partial charge in [0.15, 0.2) is 0 Å². The summed E-state index contributed by atoms with van der Waals surface area (Å²) < 4.78 is 37.6. The number of rotatable bonds is 8. The Labute approximate surface area is 194 Å². The zero-order chi connectivity index (χ0) is 24.0. The fraction of sp³-hybridized carbons (Fsp3) is 0.391. The van der Waals surface area contributed by atoms with Gasteiger partial charge in [-0.25, -0.2) is 8.42 Å². The molecule has 0 aromatic heterocycles. The highest BCUT2D eigenvalue weighted by atomic mass is 32.2. The van der Waals surface area contributed by atoms with Crippen molar-refractivity contribution in [3.63, 3.8) is 0 Å². The van der Waals surface area contributed by atoms with Crippen LogP contribution in [-0.4, -0.2) is 57.9 Å². The first kappa shape index (κ1) is 24.5. The lowest BCUT2D eigenvalue weighted by Gasteiger charge is -2.31. The number of hydrogen-bond donors (Lipinski definition) is 2. The molecule has 2 aromatic carbocycles. The quantitative estimate of drug-likeness (QED) is 0.605. The fourth-order valence-corrected chi connectivity index (χ4v) is 5.14. The second-order valence-electron chi connectivity index (χ2n) is 7.83. The summed E-state index contributed by atoms with van der Waals surface area (Å²) in [5, 5.41) is 5.44. The highest BCUT2D eigenvalue weighted by Gasteiger charge is 2.34. The Morgan fingerprint density at radius 2 is 1.76 bits per heavy atom. The molecule has 178 valence electrons. The van der Waals surface area contributed by atoms with Gasteiger partial charge in [-0.15, -0.1) is 0 Å². The molecule has 0 aliphatic carbocycles. The van der Waals surface area contributed by atoms with Gasteiger partial charge >= 0.3 is 0 Å². The fourth-order valence-electron chi connectivity index (χ4n) is 3.62. The van der Waals surface area contributed by atoms with Gasteiger partial charge in [-0.05, 0) is 56.2 Å². The van der Waals surface area contributed by atoms with Crippen molar-refractivity contribution in [2.75, 3.05) is 32.6 Å². The second-order valence-corrected chi connectivity index (χ2v) is 9.77. The minimum Gasteiger partial charge on any atom is -0.497 e. The Morgan fingerprint density at radius 1 is 1.06 bits per heavy atom. The first-order valence-electron chi connectivity index (χ1n) is 10.6. The molecule has 2 atom stereocenters. The van der Waals surface area contributed by atoms with E-state index in [-0.39, 0.29) is 23.3 Å². The SMILES string of the molecule is COc1ccc(S(=O)(=O)N2CCCC(C(=O)N[C@@H](C)C(=O)Nc3cccc(OC)c3)C2)cc1. The summed E-state index contributed by atoms with van der Waals surface area (Å²) in [5.41, 5.74) is 0.551. The molecule has 1 saturated heterocycles. The van der Waals surface area contributed by atoms with Crippen LogP contribution >= 0.6 is 0 Å². The number of sulfonamides is 1. The normalized spacial score (nSPS) is 17.6. The number of ether oxygens (including phenoxy) is 2. The van der Waals surface area contributed by atoms with Crippen LogP contribution in [0.2, 0.25) is 0 Å². The lowest BCUT2D eigenvalue weighted by Crippen LogP contribution is -2.49. The minimum absolute atomic E-state index is 0.0599. The summed E-state index contributed by atoms with van der Waals surface area (Å²) >= 11 is 0. The van der Waals surface area contributed by atoms with Gasteiger partial charge in [-0.1, -0.05) is 6.07 Å². The van der Waals surface area contributed by atoms with Crippen LogP contribution in [0.25, 0.3) is 0 Å². The third-order valence-corrected chi connectivity index (χ3v) is 7.42. The number of benzene rings is 2. The summed E-state index contributed by atoms with van der Waals surface area (Å²) in [4.78, 5) is 25.5. The van der Waals surface area contributed by atoms with Crippen molar-refractivity contribution >= 4 is 27.5 Å². The van der Waals surface area contributed by atoms with Gasteiger partial charge in [0, 0.05) is 24.8 Å². The lowest BCUT2D eigenvalue weighted by molar-refractivity contribution is -0.129. The number of nitrogens with one attached hydrogen (secondary N) is 2. The highest BCUT2D eigenvalue weighted by Crippen LogP contribution is 2.25. The first-order valence-corrected chi connectivity index (χ1v) is 12.1. The summed E-state index contributed by atoms with van der Waals surface area (Å²) in [6, 6.07) is 12.3. The molecule has 1 heterocycles. The second kappa shape index (κ2) is 10.7. The Bertz CT molecular complexity index is 1090. The number of hydrogen-bond acceptors (Lipinski definition) is 6. The molecule has 33 heavy (non-hydrogen) atoms. The zero-order valence-corrected chi connectivity index (χ0v) is 19.7. The third kappa shape index (κ3) is 6.02. The molecule has 0 saturated carbocycles. The molecule has 0 bridgehead atoms. The van der Waals surface area contributed by atoms with Crippen LogP contribution in [0.5, 0.6) is 11.5 Å². The number of piperidine rings is 1. The van der Waals surface area contributed by atoms with E-state index in [0.717, 1.165) is 0 Å². The van der Waals surface area contributed by atoms with Crippen molar-refractivity contribution in [3.8, 4) is 11.5 Å². The van der Waals surface area contributed by atoms with Crippen molar-refractivity contribution in [1.82, 2.24) is 9.62 Å². The molecular weight excluding hydrogens is 446 g/mol. The number of methoxy groups -OCH3 is 2. The molecule has 1 unspecified atom stereocenters. The van der Waals surface area contributed by atoms with Gasteiger partial charge in [0.05, 0.1) is 25.0 Å². The van der Waals surface area contributed by atoms with Crippen LogP contribution in [0.3, 0.4) is 0 Å². The van der Waals surface area contributed by atoms with Crippen LogP contribution in [0.1, 0.15) is 19.8 Å². The summed E-state index contributed by atoms with van der Waals surface area (Å²) in [5.74, 6) is -0.109. The van der Waals surface area contributed by atoms with Gasteiger partial charge in [0.1, 0.15) is 17.5 Å². The van der Waals surface area contributed by atoms with Gasteiger partial charge in [-0.3, -0.25) is 9.59 Å². The summed E-state index contributed by atoms with van der Waals surface area (Å²) in [6.07, 6.45) is 1.10. The molecule has 9 nitrogen and oxygen atoms in total. The molecule has 3 rings (SSSR count). The summed E-state index contributed by atoms with van der Waals surface area (Å²) in [6.45, 7) is 1.98. The molecule has 0 spiro atoms. The molecule has 1 fully saturated rings. The van der Waals surface area contributed by atoms with E-state index in [2.05, 4.69) is 10.6 Å². The van der Waals surface area contributed by atoms with E-state index in [1.54, 1.807) is 43.3 Å². The standard InChI is InChI=1S/C23H29N3O6S/c1-16(22(27)25-18-7-4-8-20(14-18)32-3)24-23(28)17-6-5-13-26(15-17)33(29,30)21-11-9-19(31-2)10-12-21/h4,7-12,14,16-17H,5-6,13,15H2,1-3H3,(H,24,28)(H,25,27)/t16-,17?/m0/s1. The van der Waals surface area contributed by atoms with Gasteiger partial charge in [-0.2, -0.15) is 4.31 Å². The maximum atomic E-state index is 13.0. The van der Waals surface area contributed by atoms with Crippen LogP contribution in [0, 0.1) is 5.92 Å². The lowest BCUT2D eigenvalue weighted by atomic mass is 9.98. The predicted molar refractivity (Wildman–Crippen MR) is 124 cm³/mol. The number of nitrogens with zero attached hydrogens (tertiary/aromatic N) is 1. The van der Waals surface area contributed by atoms with Gasteiger partial charge < -0.3 is 20.1 Å². The van der Waals surface area contributed by atoms with E-state index >= 15 is 0 Å². The van der Waals surface area contributed by atoms with Crippen LogP contribution < -0.4 is 20.1 Å². The molecule has 2 amide bonds. The van der Waals surface area contributed by atoms with E-state index in [1.807, 2.05) is 0 Å². The van der Waals surface area contributed by atoms with E-state index in [4.69, 9.17) is 9.47 Å². The van der Waals surface area contributed by atoms with Crippen molar-refractivity contribution in [2.24, 2.45) is 5.92 Å². The Kier molecular flexibility index (Phi) is 7.93. The van der Waals surface area contributed by atoms with Gasteiger partial charge in [0.25, 0.3) is 0 Å². The first-order chi connectivity index (χ1) is 15.7. The van der Waals surface area contributed by atoms with Crippen molar-refractivity contribution in [1.29, 1.82) is 0 Å². The average molecular weight is 476 g/mol. The van der Waals surface area contributed by atoms with E-state index in [0.29, 0.717) is 36.6 Å². The maximum Gasteiger partial charge on any atom is 0.246 e. The van der Waals surface area contributed by atoms with Crippen LogP contribution in [-0.2, 0) is 19.6 Å².